The molecule has 0 bridgehead atoms. The Kier molecular flexibility index (Phi) is 2.72. The van der Waals surface area contributed by atoms with Crippen LogP contribution in [-0.4, -0.2) is 11.3 Å². The first-order valence-electron chi connectivity index (χ1n) is 6.27. The molecular formula is C14H19NS. The predicted octanol–water partition coefficient (Wildman–Crippen LogP) is 3.54. The summed E-state index contributed by atoms with van der Waals surface area (Å²) in [6.45, 7) is 0. The van der Waals surface area contributed by atoms with Crippen LogP contribution in [0.3, 0.4) is 0 Å². The summed E-state index contributed by atoms with van der Waals surface area (Å²) in [4.78, 5) is 1.48. The monoisotopic (exact) mass is 233 g/mol. The predicted molar refractivity (Wildman–Crippen MR) is 69.9 cm³/mol. The number of rotatable bonds is 2. The summed E-state index contributed by atoms with van der Waals surface area (Å²) < 4.78 is 0. The zero-order valence-electron chi connectivity index (χ0n) is 9.61. The van der Waals surface area contributed by atoms with Crippen molar-refractivity contribution in [2.24, 2.45) is 5.73 Å². The molecule has 1 aliphatic heterocycles. The molecule has 1 nitrogen and oxygen atoms in total. The van der Waals surface area contributed by atoms with Gasteiger partial charge in [0.15, 0.2) is 0 Å². The van der Waals surface area contributed by atoms with Crippen LogP contribution in [0.5, 0.6) is 0 Å². The Morgan fingerprint density at radius 3 is 2.81 bits per heavy atom. The summed E-state index contributed by atoms with van der Waals surface area (Å²) in [5.74, 6) is 1.93. The van der Waals surface area contributed by atoms with Gasteiger partial charge in [0.1, 0.15) is 0 Å². The highest BCUT2D eigenvalue weighted by Gasteiger charge is 2.34. The molecule has 1 aromatic carbocycles. The van der Waals surface area contributed by atoms with Gasteiger partial charge >= 0.3 is 0 Å². The third-order valence-electron chi connectivity index (χ3n) is 4.05. The summed E-state index contributed by atoms with van der Waals surface area (Å²) in [6.07, 6.45) is 6.32. The van der Waals surface area contributed by atoms with Crippen LogP contribution >= 0.6 is 11.8 Å². The molecule has 1 saturated carbocycles. The van der Waals surface area contributed by atoms with Gasteiger partial charge in [-0.15, -0.1) is 11.8 Å². The lowest BCUT2D eigenvalue weighted by atomic mass is 9.84. The molecule has 16 heavy (non-hydrogen) atoms. The van der Waals surface area contributed by atoms with Gasteiger partial charge < -0.3 is 5.73 Å². The first-order valence-corrected chi connectivity index (χ1v) is 7.26. The Hall–Kier alpha value is -0.470. The summed E-state index contributed by atoms with van der Waals surface area (Å²) in [5.41, 5.74) is 8.17. The van der Waals surface area contributed by atoms with Gasteiger partial charge in [0.2, 0.25) is 0 Å². The molecule has 1 fully saturated rings. The molecule has 3 rings (SSSR count). The van der Waals surface area contributed by atoms with Crippen LogP contribution in [0.1, 0.15) is 43.6 Å². The summed E-state index contributed by atoms with van der Waals surface area (Å²) in [7, 11) is 0. The van der Waals surface area contributed by atoms with Crippen molar-refractivity contribution < 1.29 is 0 Å². The Morgan fingerprint density at radius 1 is 1.25 bits per heavy atom. The Balaban J connectivity index is 1.78. The average Bonchev–Trinajstić information content (AvgIpc) is 2.87. The van der Waals surface area contributed by atoms with Crippen molar-refractivity contribution in [2.45, 2.75) is 48.5 Å². The number of benzene rings is 1. The molecule has 0 saturated heterocycles. The van der Waals surface area contributed by atoms with Gasteiger partial charge in [-0.25, -0.2) is 0 Å². The average molecular weight is 233 g/mol. The van der Waals surface area contributed by atoms with Crippen molar-refractivity contribution >= 4 is 11.8 Å². The molecule has 0 amide bonds. The van der Waals surface area contributed by atoms with Gasteiger partial charge in [-0.1, -0.05) is 31.0 Å². The normalized spacial score (nSPS) is 26.9. The first kappa shape index (κ1) is 10.7. The lowest BCUT2D eigenvalue weighted by Gasteiger charge is -2.27. The van der Waals surface area contributed by atoms with Crippen LogP contribution in [0.2, 0.25) is 0 Å². The first-order chi connectivity index (χ1) is 7.77. The fourth-order valence-corrected chi connectivity index (χ4v) is 4.43. The zero-order valence-corrected chi connectivity index (χ0v) is 10.4. The van der Waals surface area contributed by atoms with Crippen LogP contribution in [-0.2, 0) is 0 Å². The van der Waals surface area contributed by atoms with E-state index in [1.165, 1.54) is 42.8 Å². The number of hydrogen-bond acceptors (Lipinski definition) is 2. The van der Waals surface area contributed by atoms with Crippen LogP contribution < -0.4 is 5.73 Å². The topological polar surface area (TPSA) is 26.0 Å². The van der Waals surface area contributed by atoms with Crippen molar-refractivity contribution in [3.63, 3.8) is 0 Å². The fourth-order valence-electron chi connectivity index (χ4n) is 3.17. The molecule has 1 aliphatic carbocycles. The Morgan fingerprint density at radius 2 is 2.00 bits per heavy atom. The number of hydrogen-bond donors (Lipinski definition) is 1. The Bertz CT molecular complexity index is 382. The molecule has 1 heterocycles. The van der Waals surface area contributed by atoms with Crippen molar-refractivity contribution in [3.8, 4) is 0 Å². The largest absolute Gasteiger partial charge is 0.325 e. The van der Waals surface area contributed by atoms with Crippen LogP contribution in [0.25, 0.3) is 0 Å². The van der Waals surface area contributed by atoms with E-state index in [2.05, 4.69) is 24.3 Å². The van der Waals surface area contributed by atoms with Crippen molar-refractivity contribution in [2.75, 3.05) is 5.75 Å². The quantitative estimate of drug-likeness (QED) is 0.845. The van der Waals surface area contributed by atoms with E-state index in [1.54, 1.807) is 5.56 Å². The number of thioether (sulfide) groups is 1. The number of nitrogens with two attached hydrogens (primary N) is 1. The lowest BCUT2D eigenvalue weighted by Crippen LogP contribution is -2.38. The second-order valence-electron chi connectivity index (χ2n) is 5.32. The number of fused-ring (bicyclic) bond motifs is 1. The van der Waals surface area contributed by atoms with Crippen LogP contribution in [0.4, 0.5) is 0 Å². The SMILES string of the molecule is NC1(CC2CSc3ccccc32)CCCC1. The van der Waals surface area contributed by atoms with E-state index in [1.807, 2.05) is 11.8 Å². The lowest BCUT2D eigenvalue weighted by molar-refractivity contribution is 0.380. The van der Waals surface area contributed by atoms with Gasteiger partial charge in [-0.3, -0.25) is 0 Å². The smallest absolute Gasteiger partial charge is 0.0160 e. The van der Waals surface area contributed by atoms with Gasteiger partial charge in [0.25, 0.3) is 0 Å². The van der Waals surface area contributed by atoms with Crippen LogP contribution in [0.15, 0.2) is 29.2 Å². The third-order valence-corrected chi connectivity index (χ3v) is 5.30. The van der Waals surface area contributed by atoms with E-state index in [9.17, 15) is 0 Å². The van der Waals surface area contributed by atoms with Crippen molar-refractivity contribution in [1.82, 2.24) is 0 Å². The van der Waals surface area contributed by atoms with E-state index in [0.29, 0.717) is 5.92 Å². The van der Waals surface area contributed by atoms with Gasteiger partial charge in [-0.2, -0.15) is 0 Å². The summed E-state index contributed by atoms with van der Waals surface area (Å²) in [6, 6.07) is 8.84. The van der Waals surface area contributed by atoms with Crippen molar-refractivity contribution in [3.05, 3.63) is 29.8 Å². The zero-order chi connectivity index (χ0) is 11.0. The van der Waals surface area contributed by atoms with E-state index < -0.39 is 0 Å². The minimum Gasteiger partial charge on any atom is -0.325 e. The summed E-state index contributed by atoms with van der Waals surface area (Å²) in [5, 5.41) is 0. The Labute approximate surface area is 102 Å². The molecular weight excluding hydrogens is 214 g/mol. The van der Waals surface area contributed by atoms with Gasteiger partial charge in [-0.05, 0) is 36.8 Å². The van der Waals surface area contributed by atoms with Crippen LogP contribution in [0, 0.1) is 0 Å². The second-order valence-corrected chi connectivity index (χ2v) is 6.38. The highest BCUT2D eigenvalue weighted by molar-refractivity contribution is 7.99. The maximum absolute atomic E-state index is 6.49. The van der Waals surface area contributed by atoms with E-state index in [4.69, 9.17) is 5.73 Å². The standard InChI is InChI=1S/C14H19NS/c15-14(7-3-4-8-14)9-11-10-16-13-6-2-1-5-12(11)13/h1-2,5-6,11H,3-4,7-10,15H2. The summed E-state index contributed by atoms with van der Waals surface area (Å²) >= 11 is 2.00. The van der Waals surface area contributed by atoms with Crippen molar-refractivity contribution in [1.29, 1.82) is 0 Å². The fraction of sp³-hybridized carbons (Fsp3) is 0.571. The molecule has 1 unspecified atom stereocenters. The second kappa shape index (κ2) is 4.08. The maximum atomic E-state index is 6.49. The molecule has 2 N–H and O–H groups in total. The van der Waals surface area contributed by atoms with Gasteiger partial charge in [0.05, 0.1) is 0 Å². The van der Waals surface area contributed by atoms with Gasteiger partial charge in [0, 0.05) is 16.2 Å². The highest BCUT2D eigenvalue weighted by Crippen LogP contribution is 2.45. The minimum atomic E-state index is 0.142. The molecule has 1 atom stereocenters. The maximum Gasteiger partial charge on any atom is 0.0160 e. The molecule has 1 aromatic rings. The van der Waals surface area contributed by atoms with E-state index in [-0.39, 0.29) is 5.54 Å². The molecule has 2 aliphatic rings. The molecule has 0 radical (unpaired) electrons. The molecule has 2 heteroatoms. The molecule has 86 valence electrons. The van der Waals surface area contributed by atoms with E-state index in [0.717, 1.165) is 0 Å². The van der Waals surface area contributed by atoms with E-state index >= 15 is 0 Å². The minimum absolute atomic E-state index is 0.142. The third kappa shape index (κ3) is 1.89. The highest BCUT2D eigenvalue weighted by atomic mass is 32.2. The molecule has 0 aromatic heterocycles. The molecule has 0 spiro atoms.